The standard InChI is InChI=1S/C11H16N2O5/c1-8(18-10(16)3-2-9(14)15)11(17)13-6-4-12-5-7-13/h2-3,8,12H,4-7H2,1H3,(H,14,15)/b3-2+. The lowest BCUT2D eigenvalue weighted by Gasteiger charge is -2.29. The van der Waals surface area contributed by atoms with E-state index in [0.29, 0.717) is 32.3 Å². The normalized spacial score (nSPS) is 17.5. The summed E-state index contributed by atoms with van der Waals surface area (Å²) in [7, 11) is 0. The van der Waals surface area contributed by atoms with Crippen LogP contribution in [0.5, 0.6) is 0 Å². The lowest BCUT2D eigenvalue weighted by Crippen LogP contribution is -2.49. The number of carbonyl (C=O) groups excluding carboxylic acids is 2. The van der Waals surface area contributed by atoms with E-state index in [0.717, 1.165) is 6.08 Å². The fourth-order valence-electron chi connectivity index (χ4n) is 1.55. The number of nitrogens with one attached hydrogen (secondary N) is 1. The second-order valence-electron chi connectivity index (χ2n) is 3.83. The number of esters is 1. The molecule has 1 saturated heterocycles. The van der Waals surface area contributed by atoms with E-state index in [1.807, 2.05) is 0 Å². The predicted octanol–water partition coefficient (Wildman–Crippen LogP) is -1.01. The molecular formula is C11H16N2O5. The molecule has 0 radical (unpaired) electrons. The van der Waals surface area contributed by atoms with Gasteiger partial charge in [0.25, 0.3) is 5.91 Å². The third-order valence-electron chi connectivity index (χ3n) is 2.43. The molecule has 0 spiro atoms. The molecule has 1 rings (SSSR count). The maximum atomic E-state index is 11.9. The summed E-state index contributed by atoms with van der Waals surface area (Å²) in [5, 5.41) is 11.4. The van der Waals surface area contributed by atoms with Crippen LogP contribution in [0.1, 0.15) is 6.92 Å². The van der Waals surface area contributed by atoms with Gasteiger partial charge in [0.2, 0.25) is 0 Å². The number of amides is 1. The molecule has 18 heavy (non-hydrogen) atoms. The number of carbonyl (C=O) groups is 3. The van der Waals surface area contributed by atoms with E-state index in [9.17, 15) is 14.4 Å². The Bertz CT molecular complexity index is 360. The van der Waals surface area contributed by atoms with Crippen molar-refractivity contribution < 1.29 is 24.2 Å². The summed E-state index contributed by atoms with van der Waals surface area (Å²) in [5.41, 5.74) is 0. The Morgan fingerprint density at radius 3 is 2.44 bits per heavy atom. The van der Waals surface area contributed by atoms with Crippen LogP contribution in [-0.4, -0.2) is 60.1 Å². The number of carboxylic acids is 1. The molecule has 7 nitrogen and oxygen atoms in total. The van der Waals surface area contributed by atoms with E-state index in [2.05, 4.69) is 5.32 Å². The Labute approximate surface area is 104 Å². The zero-order chi connectivity index (χ0) is 13.5. The van der Waals surface area contributed by atoms with Crippen LogP contribution < -0.4 is 5.32 Å². The molecule has 0 aromatic rings. The fourth-order valence-corrected chi connectivity index (χ4v) is 1.55. The smallest absolute Gasteiger partial charge is 0.331 e. The second kappa shape index (κ2) is 6.75. The number of hydrogen-bond donors (Lipinski definition) is 2. The highest BCUT2D eigenvalue weighted by molar-refractivity contribution is 5.92. The van der Waals surface area contributed by atoms with E-state index < -0.39 is 18.0 Å². The van der Waals surface area contributed by atoms with E-state index in [-0.39, 0.29) is 5.91 Å². The number of aliphatic carboxylic acids is 1. The topological polar surface area (TPSA) is 95.9 Å². The van der Waals surface area contributed by atoms with Crippen LogP contribution in [0.2, 0.25) is 0 Å². The van der Waals surface area contributed by atoms with Crippen LogP contribution in [0.15, 0.2) is 12.2 Å². The summed E-state index contributed by atoms with van der Waals surface area (Å²) in [6, 6.07) is 0. The molecule has 0 aromatic heterocycles. The van der Waals surface area contributed by atoms with Gasteiger partial charge in [-0.1, -0.05) is 0 Å². The molecular weight excluding hydrogens is 240 g/mol. The van der Waals surface area contributed by atoms with Crippen molar-refractivity contribution in [3.63, 3.8) is 0 Å². The highest BCUT2D eigenvalue weighted by Crippen LogP contribution is 2.02. The van der Waals surface area contributed by atoms with Gasteiger partial charge in [-0.05, 0) is 6.92 Å². The first kappa shape index (κ1) is 14.2. The minimum Gasteiger partial charge on any atom is -0.478 e. The molecule has 100 valence electrons. The number of ether oxygens (including phenoxy) is 1. The van der Waals surface area contributed by atoms with Gasteiger partial charge in [0, 0.05) is 38.3 Å². The lowest BCUT2D eigenvalue weighted by molar-refractivity contribution is -0.155. The van der Waals surface area contributed by atoms with Gasteiger partial charge in [0.15, 0.2) is 6.10 Å². The molecule has 0 bridgehead atoms. The van der Waals surface area contributed by atoms with Crippen LogP contribution in [0.25, 0.3) is 0 Å². The summed E-state index contributed by atoms with van der Waals surface area (Å²) >= 11 is 0. The fraction of sp³-hybridized carbons (Fsp3) is 0.545. The largest absolute Gasteiger partial charge is 0.478 e. The molecule has 1 unspecified atom stereocenters. The van der Waals surface area contributed by atoms with Gasteiger partial charge in [-0.3, -0.25) is 4.79 Å². The first-order valence-electron chi connectivity index (χ1n) is 5.62. The number of rotatable bonds is 4. The number of nitrogens with zero attached hydrogens (tertiary/aromatic N) is 1. The Hall–Kier alpha value is -1.89. The highest BCUT2D eigenvalue weighted by atomic mass is 16.5. The maximum Gasteiger partial charge on any atom is 0.331 e. The van der Waals surface area contributed by atoms with Gasteiger partial charge in [0.05, 0.1) is 0 Å². The summed E-state index contributed by atoms with van der Waals surface area (Å²) < 4.78 is 4.82. The number of carboxylic acid groups (broad SMARTS) is 1. The third kappa shape index (κ3) is 4.54. The monoisotopic (exact) mass is 256 g/mol. The molecule has 1 heterocycles. The molecule has 7 heteroatoms. The first-order chi connectivity index (χ1) is 8.50. The van der Waals surface area contributed by atoms with Crippen LogP contribution in [0.3, 0.4) is 0 Å². The Kier molecular flexibility index (Phi) is 5.31. The summed E-state index contributed by atoms with van der Waals surface area (Å²) in [6.45, 7) is 4.05. The van der Waals surface area contributed by atoms with E-state index in [4.69, 9.17) is 9.84 Å². The molecule has 1 atom stereocenters. The maximum absolute atomic E-state index is 11.9. The van der Waals surface area contributed by atoms with E-state index in [1.54, 1.807) is 4.90 Å². The van der Waals surface area contributed by atoms with Crippen molar-refractivity contribution in [1.82, 2.24) is 10.2 Å². The summed E-state index contributed by atoms with van der Waals surface area (Å²) in [5.74, 6) is -2.35. The number of hydrogen-bond acceptors (Lipinski definition) is 5. The van der Waals surface area contributed by atoms with Crippen molar-refractivity contribution in [2.24, 2.45) is 0 Å². The van der Waals surface area contributed by atoms with E-state index in [1.165, 1.54) is 6.92 Å². The van der Waals surface area contributed by atoms with Crippen LogP contribution in [0.4, 0.5) is 0 Å². The zero-order valence-corrected chi connectivity index (χ0v) is 10.1. The van der Waals surface area contributed by atoms with Crippen molar-refractivity contribution in [1.29, 1.82) is 0 Å². The SMILES string of the molecule is CC(OC(=O)/C=C/C(=O)O)C(=O)N1CCNCC1. The molecule has 0 aliphatic carbocycles. The van der Waals surface area contributed by atoms with E-state index >= 15 is 0 Å². The van der Waals surface area contributed by atoms with Crippen molar-refractivity contribution in [3.05, 3.63) is 12.2 Å². The molecule has 1 fully saturated rings. The molecule has 1 aliphatic rings. The predicted molar refractivity (Wildman–Crippen MR) is 61.8 cm³/mol. The Morgan fingerprint density at radius 2 is 1.89 bits per heavy atom. The average molecular weight is 256 g/mol. The van der Waals surface area contributed by atoms with Gasteiger partial charge in [0.1, 0.15) is 0 Å². The second-order valence-corrected chi connectivity index (χ2v) is 3.83. The van der Waals surface area contributed by atoms with Crippen LogP contribution in [-0.2, 0) is 19.1 Å². The molecule has 1 amide bonds. The Balaban J connectivity index is 2.43. The van der Waals surface area contributed by atoms with Crippen molar-refractivity contribution in [2.45, 2.75) is 13.0 Å². The quantitative estimate of drug-likeness (QED) is 0.494. The number of piperazine rings is 1. The molecule has 1 aliphatic heterocycles. The Morgan fingerprint density at radius 1 is 1.28 bits per heavy atom. The highest BCUT2D eigenvalue weighted by Gasteiger charge is 2.24. The van der Waals surface area contributed by atoms with Crippen molar-refractivity contribution >= 4 is 17.8 Å². The van der Waals surface area contributed by atoms with Gasteiger partial charge in [-0.15, -0.1) is 0 Å². The summed E-state index contributed by atoms with van der Waals surface area (Å²) in [4.78, 5) is 34.8. The first-order valence-corrected chi connectivity index (χ1v) is 5.62. The molecule has 0 saturated carbocycles. The van der Waals surface area contributed by atoms with Gasteiger partial charge >= 0.3 is 11.9 Å². The third-order valence-corrected chi connectivity index (χ3v) is 2.43. The van der Waals surface area contributed by atoms with Gasteiger partial charge in [-0.25, -0.2) is 9.59 Å². The van der Waals surface area contributed by atoms with Gasteiger partial charge < -0.3 is 20.1 Å². The molecule has 2 N–H and O–H groups in total. The van der Waals surface area contributed by atoms with Crippen molar-refractivity contribution in [3.8, 4) is 0 Å². The van der Waals surface area contributed by atoms with Crippen LogP contribution >= 0.6 is 0 Å². The lowest BCUT2D eigenvalue weighted by atomic mass is 10.3. The minimum atomic E-state index is -1.24. The van der Waals surface area contributed by atoms with Gasteiger partial charge in [-0.2, -0.15) is 0 Å². The van der Waals surface area contributed by atoms with Crippen molar-refractivity contribution in [2.75, 3.05) is 26.2 Å². The van der Waals surface area contributed by atoms with Crippen LogP contribution in [0, 0.1) is 0 Å². The average Bonchev–Trinajstić information content (AvgIpc) is 2.36. The molecule has 0 aromatic carbocycles. The summed E-state index contributed by atoms with van der Waals surface area (Å²) in [6.07, 6.45) is 0.544. The minimum absolute atomic E-state index is 0.270. The zero-order valence-electron chi connectivity index (χ0n) is 10.1.